The van der Waals surface area contributed by atoms with Gasteiger partial charge in [-0.15, -0.1) is 0 Å². The summed E-state index contributed by atoms with van der Waals surface area (Å²) in [5, 5.41) is 0. The van der Waals surface area contributed by atoms with Crippen LogP contribution in [0.2, 0.25) is 0 Å². The zero-order valence-electron chi connectivity index (χ0n) is 9.35. The van der Waals surface area contributed by atoms with Gasteiger partial charge in [0.25, 0.3) is 0 Å². The smallest absolute Gasteiger partial charge is 1.00 e. The average Bonchev–Trinajstić information content (AvgIpc) is 1.87. The molecule has 2 nitrogen and oxygen atoms in total. The van der Waals surface area contributed by atoms with Crippen LogP contribution in [0.15, 0.2) is 0 Å². The number of Topliss-reactive ketones (excluding diaryl/α,β-unsaturated/α-hetero) is 2. The van der Waals surface area contributed by atoms with Crippen LogP contribution in [-0.4, -0.2) is 11.6 Å². The molecule has 3 heteroatoms. The van der Waals surface area contributed by atoms with Gasteiger partial charge in [0.15, 0.2) is 0 Å². The van der Waals surface area contributed by atoms with E-state index in [4.69, 9.17) is 0 Å². The summed E-state index contributed by atoms with van der Waals surface area (Å²) in [6, 6.07) is 0. The topological polar surface area (TPSA) is 34.1 Å². The van der Waals surface area contributed by atoms with Crippen molar-refractivity contribution >= 4 is 11.6 Å². The molecule has 0 saturated heterocycles. The van der Waals surface area contributed by atoms with Crippen LogP contribution in [0.25, 0.3) is 0 Å². The van der Waals surface area contributed by atoms with Crippen LogP contribution >= 0.6 is 0 Å². The fourth-order valence-electron chi connectivity index (χ4n) is 0.954. The summed E-state index contributed by atoms with van der Waals surface area (Å²) >= 11 is 0. The predicted molar refractivity (Wildman–Crippen MR) is 45.6 cm³/mol. The Morgan fingerprint density at radius 2 is 1.33 bits per heavy atom. The third-order valence-corrected chi connectivity index (χ3v) is 1.45. The van der Waals surface area contributed by atoms with Gasteiger partial charge in [0.1, 0.15) is 11.6 Å². The van der Waals surface area contributed by atoms with Gasteiger partial charge in [0.2, 0.25) is 0 Å². The minimum atomic E-state index is 0. The summed E-state index contributed by atoms with van der Waals surface area (Å²) in [5.41, 5.74) is 0. The largest absolute Gasteiger partial charge is 1.00 e. The number of carbonyl (C=O) groups is 2. The Morgan fingerprint density at radius 3 is 1.58 bits per heavy atom. The molecule has 0 rings (SSSR count). The van der Waals surface area contributed by atoms with Gasteiger partial charge < -0.3 is 1.43 Å². The van der Waals surface area contributed by atoms with Gasteiger partial charge in [-0.2, -0.15) is 0 Å². The minimum absolute atomic E-state index is 0. The van der Waals surface area contributed by atoms with E-state index >= 15 is 0 Å². The summed E-state index contributed by atoms with van der Waals surface area (Å²) in [6.45, 7) is 3.89. The van der Waals surface area contributed by atoms with Gasteiger partial charge in [-0.1, -0.05) is 13.8 Å². The molecule has 0 aliphatic rings. The molecular weight excluding hydrogens is 147 g/mol. The molecule has 0 unspecified atom stereocenters. The molecule has 12 heavy (non-hydrogen) atoms. The van der Waals surface area contributed by atoms with Crippen LogP contribution in [0.4, 0.5) is 0 Å². The van der Waals surface area contributed by atoms with Crippen molar-refractivity contribution in [2.75, 3.05) is 0 Å². The van der Waals surface area contributed by atoms with Crippen LogP contribution in [-0.2, 0) is 9.59 Å². The maximum atomic E-state index is 10.9. The molecule has 0 aliphatic heterocycles. The van der Waals surface area contributed by atoms with Crippen molar-refractivity contribution in [2.45, 2.75) is 46.0 Å². The van der Waals surface area contributed by atoms with Crippen LogP contribution in [0.3, 0.4) is 0 Å². The average molecular weight is 164 g/mol. The van der Waals surface area contributed by atoms with Gasteiger partial charge in [0.05, 0.1) is 6.42 Å². The van der Waals surface area contributed by atoms with Crippen molar-refractivity contribution < 1.29 is 29.9 Å². The van der Waals surface area contributed by atoms with Gasteiger partial charge in [-0.25, -0.2) is 0 Å². The Kier molecular flexibility index (Phi) is 10.9. The van der Waals surface area contributed by atoms with Crippen LogP contribution in [0.5, 0.6) is 0 Å². The van der Waals surface area contributed by atoms with E-state index in [1.165, 1.54) is 0 Å². The summed E-state index contributed by atoms with van der Waals surface area (Å²) in [6.07, 6.45) is 2.95. The Balaban J connectivity index is -0.000000500. The summed E-state index contributed by atoms with van der Waals surface area (Å²) < 4.78 is 0. The fraction of sp³-hybridized carbons (Fsp3) is 0.778. The predicted octanol–water partition coefficient (Wildman–Crippen LogP) is -0.769. The van der Waals surface area contributed by atoms with Crippen molar-refractivity contribution in [1.29, 1.82) is 0 Å². The SMILES string of the molecule is CCCC(=O)CC(=O)CCC.[H-].[Li+]. The molecule has 0 aromatic heterocycles. The maximum absolute atomic E-state index is 10.9. The number of carbonyl (C=O) groups excluding carboxylic acids is 2. The third kappa shape index (κ3) is 8.04. The number of ketones is 2. The Labute approximate surface area is 87.8 Å². The summed E-state index contributed by atoms with van der Waals surface area (Å²) in [7, 11) is 0. The van der Waals surface area contributed by atoms with Gasteiger partial charge in [-0.3, -0.25) is 9.59 Å². The molecule has 0 saturated carbocycles. The molecule has 66 valence electrons. The normalized spacial score (nSPS) is 8.83. The molecule has 0 aliphatic carbocycles. The molecule has 0 aromatic carbocycles. The molecule has 0 atom stereocenters. The van der Waals surface area contributed by atoms with E-state index in [2.05, 4.69) is 0 Å². The van der Waals surface area contributed by atoms with E-state index in [-0.39, 0.29) is 38.3 Å². The van der Waals surface area contributed by atoms with E-state index in [9.17, 15) is 9.59 Å². The molecule has 0 heterocycles. The first-order valence-corrected chi connectivity index (χ1v) is 4.24. The van der Waals surface area contributed by atoms with Crippen molar-refractivity contribution in [2.24, 2.45) is 0 Å². The maximum Gasteiger partial charge on any atom is 1.00 e. The standard InChI is InChI=1S/C9H16O2.Li.H/c1-3-5-8(10)7-9(11)6-4-2;;/h3-7H2,1-2H3;;/q;+1;-1. The summed E-state index contributed by atoms with van der Waals surface area (Å²) in [5.74, 6) is 0.178. The Hall–Kier alpha value is -0.0626. The second-order valence-corrected chi connectivity index (χ2v) is 2.75. The zero-order valence-corrected chi connectivity index (χ0v) is 8.35. The second kappa shape index (κ2) is 9.03. The molecule has 0 radical (unpaired) electrons. The number of hydrogen-bond donors (Lipinski definition) is 0. The monoisotopic (exact) mass is 164 g/mol. The fourth-order valence-corrected chi connectivity index (χ4v) is 0.954. The van der Waals surface area contributed by atoms with E-state index in [1.54, 1.807) is 0 Å². The van der Waals surface area contributed by atoms with Crippen molar-refractivity contribution in [3.05, 3.63) is 0 Å². The molecular formula is C9H17LiO2. The van der Waals surface area contributed by atoms with Crippen molar-refractivity contribution in [1.82, 2.24) is 0 Å². The van der Waals surface area contributed by atoms with E-state index in [0.29, 0.717) is 12.8 Å². The third-order valence-electron chi connectivity index (χ3n) is 1.45. The number of rotatable bonds is 6. The summed E-state index contributed by atoms with van der Waals surface area (Å²) in [4.78, 5) is 21.8. The van der Waals surface area contributed by atoms with E-state index < -0.39 is 0 Å². The van der Waals surface area contributed by atoms with E-state index in [0.717, 1.165) is 12.8 Å². The minimum Gasteiger partial charge on any atom is -1.00 e. The molecule has 0 bridgehead atoms. The molecule has 0 amide bonds. The van der Waals surface area contributed by atoms with Crippen molar-refractivity contribution in [3.8, 4) is 0 Å². The molecule has 0 aromatic rings. The van der Waals surface area contributed by atoms with Crippen LogP contribution in [0, 0.1) is 0 Å². The first-order chi connectivity index (χ1) is 5.20. The second-order valence-electron chi connectivity index (χ2n) is 2.75. The molecule has 0 fully saturated rings. The number of hydrogen-bond acceptors (Lipinski definition) is 2. The zero-order chi connectivity index (χ0) is 8.69. The first-order valence-electron chi connectivity index (χ1n) is 4.24. The van der Waals surface area contributed by atoms with E-state index in [1.807, 2.05) is 13.8 Å². The van der Waals surface area contributed by atoms with Gasteiger partial charge in [-0.05, 0) is 12.8 Å². The Morgan fingerprint density at radius 1 is 1.00 bits per heavy atom. The van der Waals surface area contributed by atoms with Gasteiger partial charge >= 0.3 is 18.9 Å². The molecule has 0 spiro atoms. The Bertz CT molecular complexity index is 133. The molecule has 0 N–H and O–H groups in total. The first kappa shape index (κ1) is 14.5. The van der Waals surface area contributed by atoms with Crippen LogP contribution in [0.1, 0.15) is 47.4 Å². The van der Waals surface area contributed by atoms with Crippen molar-refractivity contribution in [3.63, 3.8) is 0 Å². The van der Waals surface area contributed by atoms with Crippen LogP contribution < -0.4 is 18.9 Å². The van der Waals surface area contributed by atoms with Gasteiger partial charge in [0, 0.05) is 12.8 Å². The quantitative estimate of drug-likeness (QED) is 0.381.